The van der Waals surface area contributed by atoms with Crippen molar-refractivity contribution in [1.82, 2.24) is 20.9 Å². The monoisotopic (exact) mass is 439 g/mol. The fourth-order valence-corrected chi connectivity index (χ4v) is 4.82. The Morgan fingerprint density at radius 1 is 1.03 bits per heavy atom. The van der Waals surface area contributed by atoms with Gasteiger partial charge in [0.15, 0.2) is 0 Å². The zero-order chi connectivity index (χ0) is 20.5. The van der Waals surface area contributed by atoms with Crippen molar-refractivity contribution in [2.45, 2.75) is 38.1 Å². The molecule has 0 bridgehead atoms. The molecule has 3 amide bonds. The summed E-state index contributed by atoms with van der Waals surface area (Å²) in [4.78, 5) is 40.3. The number of nitrogens with zero attached hydrogens (tertiary/aromatic N) is 1. The lowest BCUT2D eigenvalue weighted by Crippen LogP contribution is -2.74. The quantitative estimate of drug-likeness (QED) is 0.571. The van der Waals surface area contributed by atoms with Crippen LogP contribution >= 0.6 is 23.2 Å². The molecule has 4 N–H and O–H groups in total. The van der Waals surface area contributed by atoms with Gasteiger partial charge in [-0.3, -0.25) is 24.6 Å². The summed E-state index contributed by atoms with van der Waals surface area (Å²) in [7, 11) is 0. The predicted octanol–water partition coefficient (Wildman–Crippen LogP) is 1.50. The Hall–Kier alpha value is -1.87. The predicted molar refractivity (Wildman–Crippen MR) is 109 cm³/mol. The zero-order valence-corrected chi connectivity index (χ0v) is 17.2. The number of amides is 3. The molecule has 1 aromatic rings. The number of nitrogens with one attached hydrogen (secondary N) is 4. The van der Waals surface area contributed by atoms with E-state index >= 15 is 0 Å². The molecule has 10 heteroatoms. The van der Waals surface area contributed by atoms with Crippen LogP contribution in [0, 0.1) is 11.8 Å². The molecule has 3 aliphatic rings. The van der Waals surface area contributed by atoms with Crippen molar-refractivity contribution in [2.24, 2.45) is 11.8 Å². The average Bonchev–Trinajstić information content (AvgIpc) is 2.66. The SMILES string of the molecule is O=C1CC(C(=O)Nc2cc(Cl)cc(Cl)c2)C2C(=O)NC(N3CCCCC3)NC2N1. The highest BCUT2D eigenvalue weighted by Crippen LogP contribution is 2.30. The molecule has 3 heterocycles. The summed E-state index contributed by atoms with van der Waals surface area (Å²) in [5, 5.41) is 12.6. The molecule has 0 spiro atoms. The van der Waals surface area contributed by atoms with Crippen molar-refractivity contribution in [3.05, 3.63) is 28.2 Å². The highest BCUT2D eigenvalue weighted by atomic mass is 35.5. The van der Waals surface area contributed by atoms with E-state index in [1.807, 2.05) is 0 Å². The average molecular weight is 440 g/mol. The lowest BCUT2D eigenvalue weighted by atomic mass is 9.81. The van der Waals surface area contributed by atoms with Crippen molar-refractivity contribution < 1.29 is 14.4 Å². The van der Waals surface area contributed by atoms with Crippen LogP contribution in [0.3, 0.4) is 0 Å². The molecular formula is C19H23Cl2N5O3. The van der Waals surface area contributed by atoms with Crippen molar-refractivity contribution in [2.75, 3.05) is 18.4 Å². The molecule has 8 nitrogen and oxygen atoms in total. The van der Waals surface area contributed by atoms with E-state index < -0.39 is 23.9 Å². The van der Waals surface area contributed by atoms with E-state index in [-0.39, 0.29) is 24.5 Å². The third kappa shape index (κ3) is 4.50. The van der Waals surface area contributed by atoms with E-state index in [0.29, 0.717) is 15.7 Å². The van der Waals surface area contributed by atoms with Crippen molar-refractivity contribution in [3.8, 4) is 0 Å². The summed E-state index contributed by atoms with van der Waals surface area (Å²) >= 11 is 12.0. The zero-order valence-electron chi connectivity index (χ0n) is 15.7. The second-order valence-electron chi connectivity index (χ2n) is 7.70. The first-order valence-corrected chi connectivity index (χ1v) is 10.5. The molecule has 156 valence electrons. The van der Waals surface area contributed by atoms with Crippen LogP contribution in [0.15, 0.2) is 18.2 Å². The van der Waals surface area contributed by atoms with Crippen LogP contribution in [0.5, 0.6) is 0 Å². The van der Waals surface area contributed by atoms with Crippen LogP contribution in [0.4, 0.5) is 5.69 Å². The van der Waals surface area contributed by atoms with Gasteiger partial charge in [-0.05, 0) is 31.0 Å². The number of piperidine rings is 2. The van der Waals surface area contributed by atoms with Gasteiger partial charge in [-0.1, -0.05) is 29.6 Å². The second-order valence-corrected chi connectivity index (χ2v) is 8.58. The number of carbonyl (C=O) groups excluding carboxylic acids is 3. The summed E-state index contributed by atoms with van der Waals surface area (Å²) < 4.78 is 0. The fraction of sp³-hybridized carbons (Fsp3) is 0.526. The largest absolute Gasteiger partial charge is 0.340 e. The van der Waals surface area contributed by atoms with Gasteiger partial charge in [0, 0.05) is 35.2 Å². The van der Waals surface area contributed by atoms with E-state index in [9.17, 15) is 14.4 Å². The topological polar surface area (TPSA) is 103 Å². The summed E-state index contributed by atoms with van der Waals surface area (Å²) in [6.07, 6.45) is 2.30. The van der Waals surface area contributed by atoms with Crippen LogP contribution in [-0.4, -0.2) is 48.2 Å². The maximum Gasteiger partial charge on any atom is 0.229 e. The molecule has 0 aliphatic carbocycles. The Morgan fingerprint density at radius 2 is 1.72 bits per heavy atom. The Kier molecular flexibility index (Phi) is 5.96. The maximum atomic E-state index is 12.9. The Labute approximate surface area is 178 Å². The molecular weight excluding hydrogens is 417 g/mol. The van der Waals surface area contributed by atoms with Gasteiger partial charge in [0.25, 0.3) is 0 Å². The van der Waals surface area contributed by atoms with Gasteiger partial charge in [-0.25, -0.2) is 0 Å². The number of rotatable bonds is 3. The minimum absolute atomic E-state index is 0.0647. The number of hydrogen-bond acceptors (Lipinski definition) is 5. The molecule has 3 aliphatic heterocycles. The van der Waals surface area contributed by atoms with Gasteiger partial charge in [0.05, 0.1) is 18.0 Å². The molecule has 1 aromatic carbocycles. The number of fused-ring (bicyclic) bond motifs is 1. The van der Waals surface area contributed by atoms with E-state index in [2.05, 4.69) is 26.2 Å². The Balaban J connectivity index is 1.50. The highest BCUT2D eigenvalue weighted by molar-refractivity contribution is 6.35. The smallest absolute Gasteiger partial charge is 0.229 e. The molecule has 0 saturated carbocycles. The standard InChI is InChI=1S/C19H23Cl2N5O3/c20-10-6-11(21)8-12(7-10)22-17(28)13-9-14(27)23-16-15(13)18(29)25-19(24-16)26-4-2-1-3-5-26/h6-8,13,15-16,19,24H,1-5,9H2,(H,22,28)(H,23,27)(H,25,29). The lowest BCUT2D eigenvalue weighted by molar-refractivity contribution is -0.147. The van der Waals surface area contributed by atoms with Gasteiger partial charge in [-0.15, -0.1) is 0 Å². The van der Waals surface area contributed by atoms with E-state index in [4.69, 9.17) is 23.2 Å². The van der Waals surface area contributed by atoms with E-state index in [1.165, 1.54) is 6.42 Å². The van der Waals surface area contributed by atoms with Crippen LogP contribution in [0.1, 0.15) is 25.7 Å². The molecule has 29 heavy (non-hydrogen) atoms. The molecule has 3 saturated heterocycles. The molecule has 0 radical (unpaired) electrons. The van der Waals surface area contributed by atoms with Crippen molar-refractivity contribution >= 4 is 46.6 Å². The molecule has 4 rings (SSSR count). The van der Waals surface area contributed by atoms with Crippen molar-refractivity contribution in [3.63, 3.8) is 0 Å². The van der Waals surface area contributed by atoms with Gasteiger partial charge >= 0.3 is 0 Å². The minimum Gasteiger partial charge on any atom is -0.340 e. The highest BCUT2D eigenvalue weighted by Gasteiger charge is 2.49. The van der Waals surface area contributed by atoms with Gasteiger partial charge < -0.3 is 16.0 Å². The molecule has 4 atom stereocenters. The molecule has 0 aromatic heterocycles. The number of halogens is 2. The first-order chi connectivity index (χ1) is 13.9. The normalized spacial score (nSPS) is 30.1. The minimum atomic E-state index is -0.804. The number of likely N-dealkylation sites (tertiary alicyclic amines) is 1. The number of hydrogen-bond donors (Lipinski definition) is 4. The summed E-state index contributed by atoms with van der Waals surface area (Å²) in [6.45, 7) is 1.76. The number of carbonyl (C=O) groups is 3. The van der Waals surface area contributed by atoms with E-state index in [1.54, 1.807) is 18.2 Å². The summed E-state index contributed by atoms with van der Waals surface area (Å²) in [6, 6.07) is 4.69. The fourth-order valence-electron chi connectivity index (χ4n) is 4.29. The summed E-state index contributed by atoms with van der Waals surface area (Å²) in [5.74, 6) is -2.44. The van der Waals surface area contributed by atoms with Gasteiger partial charge in [-0.2, -0.15) is 0 Å². The second kappa shape index (κ2) is 8.47. The molecule has 3 fully saturated rings. The Bertz CT molecular complexity index is 810. The van der Waals surface area contributed by atoms with Crippen LogP contribution in [0.25, 0.3) is 0 Å². The third-order valence-corrected chi connectivity index (χ3v) is 6.09. The third-order valence-electron chi connectivity index (χ3n) is 5.66. The Morgan fingerprint density at radius 3 is 2.41 bits per heavy atom. The van der Waals surface area contributed by atoms with Gasteiger partial charge in [0.1, 0.15) is 6.29 Å². The molecule has 4 unspecified atom stereocenters. The maximum absolute atomic E-state index is 12.9. The van der Waals surface area contributed by atoms with E-state index in [0.717, 1.165) is 25.9 Å². The summed E-state index contributed by atoms with van der Waals surface area (Å²) in [5.41, 5.74) is 0.422. The first-order valence-electron chi connectivity index (χ1n) is 9.77. The lowest BCUT2D eigenvalue weighted by Gasteiger charge is -2.46. The van der Waals surface area contributed by atoms with Crippen LogP contribution in [0.2, 0.25) is 10.0 Å². The first kappa shape index (κ1) is 20.4. The van der Waals surface area contributed by atoms with Crippen LogP contribution in [-0.2, 0) is 14.4 Å². The van der Waals surface area contributed by atoms with Gasteiger partial charge in [0.2, 0.25) is 17.7 Å². The number of anilines is 1. The number of benzene rings is 1. The van der Waals surface area contributed by atoms with Crippen LogP contribution < -0.4 is 21.3 Å². The van der Waals surface area contributed by atoms with Crippen molar-refractivity contribution in [1.29, 1.82) is 0 Å².